The molecule has 1 N–H and O–H groups in total. The van der Waals surface area contributed by atoms with Gasteiger partial charge in [-0.1, -0.05) is 46.6 Å². The molecule has 2 rings (SSSR count). The van der Waals surface area contributed by atoms with Crippen LogP contribution >= 0.6 is 38.9 Å². The highest BCUT2D eigenvalue weighted by molar-refractivity contribution is 9.10. The summed E-state index contributed by atoms with van der Waals surface area (Å²) in [4.78, 5) is 1.26. The second-order valence-electron chi connectivity index (χ2n) is 4.62. The van der Waals surface area contributed by atoms with Gasteiger partial charge in [0.1, 0.15) is 0 Å². The predicted octanol–water partition coefficient (Wildman–Crippen LogP) is 5.48. The number of thiophene rings is 1. The third-order valence-electron chi connectivity index (χ3n) is 3.04. The zero-order valence-electron chi connectivity index (χ0n) is 11.3. The lowest BCUT2D eigenvalue weighted by molar-refractivity contribution is 0.637. The lowest BCUT2D eigenvalue weighted by atomic mass is 10.0. The summed E-state index contributed by atoms with van der Waals surface area (Å²) in [6.45, 7) is 7.19. The van der Waals surface area contributed by atoms with Gasteiger partial charge in [-0.2, -0.15) is 0 Å². The van der Waals surface area contributed by atoms with Crippen LogP contribution in [-0.2, 0) is 0 Å². The minimum Gasteiger partial charge on any atom is -0.306 e. The molecule has 1 heterocycles. The molecule has 0 aliphatic rings. The molecule has 0 spiro atoms. The lowest BCUT2D eigenvalue weighted by Crippen LogP contribution is -2.21. The molecule has 0 bridgehead atoms. The highest BCUT2D eigenvalue weighted by Gasteiger charge is 2.18. The van der Waals surface area contributed by atoms with E-state index in [0.717, 1.165) is 20.9 Å². The van der Waals surface area contributed by atoms with Crippen LogP contribution in [-0.4, -0.2) is 6.54 Å². The van der Waals surface area contributed by atoms with Crippen molar-refractivity contribution in [1.29, 1.82) is 0 Å². The van der Waals surface area contributed by atoms with Crippen LogP contribution in [0.1, 0.15) is 34.5 Å². The maximum Gasteiger partial charge on any atom is 0.0961 e. The van der Waals surface area contributed by atoms with E-state index < -0.39 is 0 Å². The van der Waals surface area contributed by atoms with Gasteiger partial charge in [0, 0.05) is 9.35 Å². The molecule has 0 saturated heterocycles. The molecule has 0 aliphatic carbocycles. The summed E-state index contributed by atoms with van der Waals surface area (Å²) in [5.41, 5.74) is 3.66. The predicted molar refractivity (Wildman–Crippen MR) is 88.5 cm³/mol. The normalized spacial score (nSPS) is 12.7. The summed E-state index contributed by atoms with van der Waals surface area (Å²) >= 11 is 11.5. The molecular weight excluding hydrogens is 342 g/mol. The van der Waals surface area contributed by atoms with Crippen molar-refractivity contribution >= 4 is 38.9 Å². The Morgan fingerprint density at radius 3 is 2.58 bits per heavy atom. The monoisotopic (exact) mass is 357 g/mol. The van der Waals surface area contributed by atoms with E-state index in [4.69, 9.17) is 11.6 Å². The first kappa shape index (κ1) is 15.0. The quantitative estimate of drug-likeness (QED) is 0.763. The van der Waals surface area contributed by atoms with Gasteiger partial charge in [0.25, 0.3) is 0 Å². The SMILES string of the molecule is CCNC(c1cc(C)c(Cl)s1)c1ccc(C)cc1Br. The van der Waals surface area contributed by atoms with E-state index in [1.165, 1.54) is 16.0 Å². The number of hydrogen-bond acceptors (Lipinski definition) is 2. The standard InChI is InChI=1S/C15H17BrClNS/c1-4-18-14(13-8-10(3)15(17)19-13)11-6-5-9(2)7-12(11)16/h5-8,14,18H,4H2,1-3H3. The molecule has 102 valence electrons. The van der Waals surface area contributed by atoms with Gasteiger partial charge in [-0.3, -0.25) is 0 Å². The molecule has 1 nitrogen and oxygen atoms in total. The number of benzene rings is 1. The van der Waals surface area contributed by atoms with Crippen molar-refractivity contribution in [3.8, 4) is 0 Å². The van der Waals surface area contributed by atoms with Crippen LogP contribution in [0.4, 0.5) is 0 Å². The van der Waals surface area contributed by atoms with Crippen LogP contribution in [0.5, 0.6) is 0 Å². The molecule has 0 aliphatic heterocycles. The van der Waals surface area contributed by atoms with Crippen molar-refractivity contribution in [2.45, 2.75) is 26.8 Å². The average molecular weight is 359 g/mol. The second kappa shape index (κ2) is 6.40. The molecule has 4 heteroatoms. The summed E-state index contributed by atoms with van der Waals surface area (Å²) in [5.74, 6) is 0. The Bertz CT molecular complexity index is 560. The number of hydrogen-bond donors (Lipinski definition) is 1. The van der Waals surface area contributed by atoms with Crippen LogP contribution in [0.15, 0.2) is 28.7 Å². The van der Waals surface area contributed by atoms with E-state index >= 15 is 0 Å². The van der Waals surface area contributed by atoms with Crippen molar-refractivity contribution in [3.63, 3.8) is 0 Å². The van der Waals surface area contributed by atoms with Crippen molar-refractivity contribution in [1.82, 2.24) is 5.32 Å². The third-order valence-corrected chi connectivity index (χ3v) is 5.34. The Balaban J connectivity index is 2.44. The lowest BCUT2D eigenvalue weighted by Gasteiger charge is -2.18. The molecule has 1 aromatic carbocycles. The molecular formula is C15H17BrClNS. The van der Waals surface area contributed by atoms with Gasteiger partial charge in [-0.05, 0) is 49.2 Å². The second-order valence-corrected chi connectivity index (χ2v) is 7.16. The zero-order chi connectivity index (χ0) is 14.0. The summed E-state index contributed by atoms with van der Waals surface area (Å²) in [6.07, 6.45) is 0. The summed E-state index contributed by atoms with van der Waals surface area (Å²) in [7, 11) is 0. The van der Waals surface area contributed by atoms with Gasteiger partial charge >= 0.3 is 0 Å². The molecule has 1 aromatic heterocycles. The Hall–Kier alpha value is -0.350. The fourth-order valence-corrected chi connectivity index (χ4v) is 4.09. The zero-order valence-corrected chi connectivity index (χ0v) is 14.4. The van der Waals surface area contributed by atoms with Crippen LogP contribution in [0.2, 0.25) is 4.34 Å². The van der Waals surface area contributed by atoms with Crippen molar-refractivity contribution in [2.75, 3.05) is 6.54 Å². The van der Waals surface area contributed by atoms with E-state index in [1.54, 1.807) is 11.3 Å². The largest absolute Gasteiger partial charge is 0.306 e. The number of rotatable bonds is 4. The van der Waals surface area contributed by atoms with E-state index in [9.17, 15) is 0 Å². The summed E-state index contributed by atoms with van der Waals surface area (Å²) < 4.78 is 2.02. The maximum absolute atomic E-state index is 6.21. The highest BCUT2D eigenvalue weighted by atomic mass is 79.9. The minimum atomic E-state index is 0.191. The fourth-order valence-electron chi connectivity index (χ4n) is 2.06. The first-order valence-electron chi connectivity index (χ1n) is 6.28. The smallest absolute Gasteiger partial charge is 0.0961 e. The van der Waals surface area contributed by atoms with Gasteiger partial charge in [-0.15, -0.1) is 11.3 Å². The van der Waals surface area contributed by atoms with Gasteiger partial charge in [0.2, 0.25) is 0 Å². The molecule has 0 saturated carbocycles. The Kier molecular flexibility index (Phi) is 5.07. The van der Waals surface area contributed by atoms with Gasteiger partial charge in [0.05, 0.1) is 10.4 Å². The highest BCUT2D eigenvalue weighted by Crippen LogP contribution is 2.36. The van der Waals surface area contributed by atoms with Crippen molar-refractivity contribution < 1.29 is 0 Å². The molecule has 1 unspecified atom stereocenters. The third kappa shape index (κ3) is 3.40. The fraction of sp³-hybridized carbons (Fsp3) is 0.333. The van der Waals surface area contributed by atoms with Crippen LogP contribution in [0.3, 0.4) is 0 Å². The minimum absolute atomic E-state index is 0.191. The molecule has 0 radical (unpaired) electrons. The first-order valence-corrected chi connectivity index (χ1v) is 8.27. The first-order chi connectivity index (χ1) is 9.02. The maximum atomic E-state index is 6.21. The summed E-state index contributed by atoms with van der Waals surface area (Å²) in [5, 5.41) is 3.54. The topological polar surface area (TPSA) is 12.0 Å². The van der Waals surface area contributed by atoms with E-state index in [1.807, 2.05) is 0 Å². The van der Waals surface area contributed by atoms with E-state index in [-0.39, 0.29) is 6.04 Å². The van der Waals surface area contributed by atoms with E-state index in [2.05, 4.69) is 66.3 Å². The summed E-state index contributed by atoms with van der Waals surface area (Å²) in [6, 6.07) is 8.84. The Labute approximate surface area is 132 Å². The van der Waals surface area contributed by atoms with Crippen molar-refractivity contribution in [3.05, 3.63) is 54.6 Å². The van der Waals surface area contributed by atoms with Crippen LogP contribution < -0.4 is 5.32 Å². The molecule has 19 heavy (non-hydrogen) atoms. The number of aryl methyl sites for hydroxylation is 2. The van der Waals surface area contributed by atoms with Gasteiger partial charge in [-0.25, -0.2) is 0 Å². The number of halogens is 2. The number of nitrogens with one attached hydrogen (secondary N) is 1. The van der Waals surface area contributed by atoms with Crippen LogP contribution in [0, 0.1) is 13.8 Å². The Morgan fingerprint density at radius 1 is 1.32 bits per heavy atom. The van der Waals surface area contributed by atoms with Crippen molar-refractivity contribution in [2.24, 2.45) is 0 Å². The Morgan fingerprint density at radius 2 is 2.05 bits per heavy atom. The van der Waals surface area contributed by atoms with E-state index in [0.29, 0.717) is 0 Å². The molecule has 1 atom stereocenters. The van der Waals surface area contributed by atoms with Gasteiger partial charge < -0.3 is 5.32 Å². The van der Waals surface area contributed by atoms with Crippen LogP contribution in [0.25, 0.3) is 0 Å². The molecule has 0 amide bonds. The molecule has 0 fully saturated rings. The molecule has 2 aromatic rings. The average Bonchev–Trinajstić information content (AvgIpc) is 2.67. The van der Waals surface area contributed by atoms with Gasteiger partial charge in [0.15, 0.2) is 0 Å².